The number of furan rings is 1. The summed E-state index contributed by atoms with van der Waals surface area (Å²) in [5, 5.41) is 12.5. The van der Waals surface area contributed by atoms with E-state index < -0.39 is 0 Å². The molecule has 0 amide bonds. The fraction of sp³-hybridized carbons (Fsp3) is 0.0345. The van der Waals surface area contributed by atoms with Crippen LogP contribution in [0.3, 0.4) is 0 Å². The van der Waals surface area contributed by atoms with E-state index in [-0.39, 0.29) is 11.8 Å². The van der Waals surface area contributed by atoms with E-state index in [0.29, 0.717) is 0 Å². The molecule has 2 aromatic heterocycles. The molecule has 0 aliphatic heterocycles. The van der Waals surface area contributed by atoms with Crippen LogP contribution in [0.15, 0.2) is 211 Å². The lowest BCUT2D eigenvalue weighted by Crippen LogP contribution is -2.40. The van der Waals surface area contributed by atoms with Crippen LogP contribution in [0, 0.1) is 11.8 Å². The predicted molar refractivity (Wildman–Crippen MR) is 255 cm³/mol. The average Bonchev–Trinajstić information content (AvgIpc) is 3.89. The molecule has 60 heavy (non-hydrogen) atoms. The summed E-state index contributed by atoms with van der Waals surface area (Å²) >= 11 is 1.88. The molecular formula is C58H36OS. The topological polar surface area (TPSA) is 13.1 Å². The lowest BCUT2D eigenvalue weighted by Gasteiger charge is -2.33. The highest BCUT2D eigenvalue weighted by atomic mass is 32.1. The van der Waals surface area contributed by atoms with Gasteiger partial charge in [-0.1, -0.05) is 176 Å². The molecule has 0 radical (unpaired) electrons. The zero-order valence-electron chi connectivity index (χ0n) is 32.6. The molecule has 2 unspecified atom stereocenters. The number of fused-ring (bicyclic) bond motifs is 10. The largest absolute Gasteiger partial charge is 0.456 e. The molecule has 2 heterocycles. The first-order valence-corrected chi connectivity index (χ1v) is 21.7. The Morgan fingerprint density at radius 3 is 1.57 bits per heavy atom. The Balaban J connectivity index is 1.10. The van der Waals surface area contributed by atoms with Crippen molar-refractivity contribution in [2.24, 2.45) is 11.8 Å². The van der Waals surface area contributed by atoms with Crippen molar-refractivity contribution < 1.29 is 4.42 Å². The van der Waals surface area contributed by atoms with Crippen molar-refractivity contribution in [1.29, 1.82) is 0 Å². The van der Waals surface area contributed by atoms with Gasteiger partial charge in [-0.3, -0.25) is 0 Å². The third-order valence-corrected chi connectivity index (χ3v) is 14.2. The van der Waals surface area contributed by atoms with Crippen LogP contribution in [0.5, 0.6) is 0 Å². The van der Waals surface area contributed by atoms with Crippen LogP contribution in [-0.2, 0) is 0 Å². The highest BCUT2D eigenvalue weighted by molar-refractivity contribution is 7.26. The molecule has 0 saturated carbocycles. The minimum absolute atomic E-state index is 0.195. The van der Waals surface area contributed by atoms with Crippen molar-refractivity contribution in [3.05, 3.63) is 228 Å². The van der Waals surface area contributed by atoms with E-state index in [4.69, 9.17) is 4.42 Å². The Bertz CT molecular complexity index is 3730. The van der Waals surface area contributed by atoms with Crippen LogP contribution in [0.4, 0.5) is 0 Å². The van der Waals surface area contributed by atoms with Crippen molar-refractivity contribution in [1.82, 2.24) is 0 Å². The number of hydrogen-bond donors (Lipinski definition) is 0. The second-order valence-corrected chi connectivity index (χ2v) is 17.3. The lowest BCUT2D eigenvalue weighted by molar-refractivity contribution is 0.668. The van der Waals surface area contributed by atoms with Gasteiger partial charge in [0.2, 0.25) is 0 Å². The average molecular weight is 781 g/mol. The molecule has 1 nitrogen and oxygen atoms in total. The van der Waals surface area contributed by atoms with Crippen LogP contribution in [0.25, 0.3) is 97.1 Å². The molecule has 2 aliphatic carbocycles. The second-order valence-electron chi connectivity index (χ2n) is 16.2. The van der Waals surface area contributed by atoms with Crippen LogP contribution in [0.1, 0.15) is 11.1 Å². The summed E-state index contributed by atoms with van der Waals surface area (Å²) < 4.78 is 9.40. The van der Waals surface area contributed by atoms with Gasteiger partial charge in [0.05, 0.1) is 0 Å². The van der Waals surface area contributed by atoms with E-state index >= 15 is 0 Å². The molecule has 280 valence electrons. The Labute approximate surface area is 350 Å². The van der Waals surface area contributed by atoms with Crippen molar-refractivity contribution in [2.75, 3.05) is 0 Å². The molecule has 2 aliphatic rings. The molecule has 11 aromatic rings. The molecule has 13 rings (SSSR count). The van der Waals surface area contributed by atoms with Gasteiger partial charge in [0.1, 0.15) is 11.2 Å². The maximum absolute atomic E-state index is 6.77. The molecule has 0 N–H and O–H groups in total. The van der Waals surface area contributed by atoms with Gasteiger partial charge in [0.25, 0.3) is 0 Å². The van der Waals surface area contributed by atoms with Crippen LogP contribution in [0.2, 0.25) is 0 Å². The SMILES string of the molecule is C1=CC2C(c3ccccc3)=c3ccccc3=C(c3ccc4oc5cccc(-c6c7ccccc7c(-c7cccc8sc9ccccc9c78)c7ccccc67)c5c4c3)C2C=C1. The number of benzene rings is 9. The third-order valence-electron chi connectivity index (χ3n) is 13.1. The van der Waals surface area contributed by atoms with E-state index in [1.165, 1.54) is 96.7 Å². The molecule has 0 saturated heterocycles. The van der Waals surface area contributed by atoms with E-state index in [0.717, 1.165) is 21.9 Å². The summed E-state index contributed by atoms with van der Waals surface area (Å²) in [6.07, 6.45) is 9.25. The summed E-state index contributed by atoms with van der Waals surface area (Å²) in [5.74, 6) is 0.421. The first-order valence-electron chi connectivity index (χ1n) is 20.8. The van der Waals surface area contributed by atoms with Gasteiger partial charge >= 0.3 is 0 Å². The van der Waals surface area contributed by atoms with Crippen molar-refractivity contribution in [3.8, 4) is 22.3 Å². The van der Waals surface area contributed by atoms with Gasteiger partial charge in [-0.2, -0.15) is 0 Å². The minimum atomic E-state index is 0.195. The van der Waals surface area contributed by atoms with Crippen LogP contribution < -0.4 is 10.4 Å². The van der Waals surface area contributed by atoms with Crippen molar-refractivity contribution in [2.45, 2.75) is 0 Å². The zero-order chi connectivity index (χ0) is 39.3. The van der Waals surface area contributed by atoms with Gasteiger partial charge < -0.3 is 4.42 Å². The number of rotatable bonds is 4. The Morgan fingerprint density at radius 2 is 0.900 bits per heavy atom. The fourth-order valence-corrected chi connectivity index (χ4v) is 11.8. The Morgan fingerprint density at radius 1 is 0.367 bits per heavy atom. The first-order chi connectivity index (χ1) is 29.8. The van der Waals surface area contributed by atoms with Crippen molar-refractivity contribution in [3.63, 3.8) is 0 Å². The minimum Gasteiger partial charge on any atom is -0.456 e. The molecule has 0 spiro atoms. The second kappa shape index (κ2) is 13.1. The van der Waals surface area contributed by atoms with Crippen LogP contribution >= 0.6 is 11.3 Å². The summed E-state index contributed by atoms with van der Waals surface area (Å²) in [5.41, 5.74) is 12.1. The molecule has 9 aromatic carbocycles. The van der Waals surface area contributed by atoms with Gasteiger partial charge in [-0.05, 0) is 107 Å². The van der Waals surface area contributed by atoms with Gasteiger partial charge in [0, 0.05) is 42.8 Å². The van der Waals surface area contributed by atoms with E-state index in [1.54, 1.807) is 0 Å². The number of hydrogen-bond acceptors (Lipinski definition) is 2. The molecular weight excluding hydrogens is 745 g/mol. The number of allylic oxidation sites excluding steroid dienone is 4. The van der Waals surface area contributed by atoms with E-state index in [9.17, 15) is 0 Å². The Hall–Kier alpha value is -7.26. The molecule has 2 heteroatoms. The third kappa shape index (κ3) is 4.86. The highest BCUT2D eigenvalue weighted by Crippen LogP contribution is 2.50. The number of thiophene rings is 1. The first kappa shape index (κ1) is 33.7. The highest BCUT2D eigenvalue weighted by Gasteiger charge is 2.32. The lowest BCUT2D eigenvalue weighted by atomic mass is 9.70. The monoisotopic (exact) mass is 780 g/mol. The van der Waals surface area contributed by atoms with Gasteiger partial charge in [-0.15, -0.1) is 11.3 Å². The molecule has 0 bridgehead atoms. The summed E-state index contributed by atoms with van der Waals surface area (Å²) in [4.78, 5) is 0. The van der Waals surface area contributed by atoms with Crippen LogP contribution in [-0.4, -0.2) is 0 Å². The molecule has 2 atom stereocenters. The summed E-state index contributed by atoms with van der Waals surface area (Å²) in [6, 6.07) is 67.1. The Kier molecular flexibility index (Phi) is 7.37. The van der Waals surface area contributed by atoms with Gasteiger partial charge in [-0.25, -0.2) is 0 Å². The standard InChI is InChI=1S/C58H36OS/c1-2-16-35(17-3-1)53-37-18-4-6-20-39(37)54(40-21-7-5-19-38(40)53)36-32-33-49-48(34-36)57-46(27-14-29-50(57)59-49)55-41-22-8-10-24-43(41)56(44-25-11-9-23-42(44)55)47-28-15-31-52-58(47)45-26-12-13-30-51(45)60-52/h1-34,37,39H. The zero-order valence-corrected chi connectivity index (χ0v) is 33.4. The smallest absolute Gasteiger partial charge is 0.136 e. The van der Waals surface area contributed by atoms with Gasteiger partial charge in [0.15, 0.2) is 0 Å². The van der Waals surface area contributed by atoms with E-state index in [1.807, 2.05) is 11.3 Å². The summed E-state index contributed by atoms with van der Waals surface area (Å²) in [7, 11) is 0. The van der Waals surface area contributed by atoms with E-state index in [2.05, 4.69) is 206 Å². The quantitative estimate of drug-likeness (QED) is 0.162. The molecule has 0 fully saturated rings. The summed E-state index contributed by atoms with van der Waals surface area (Å²) in [6.45, 7) is 0. The normalized spacial score (nSPS) is 16.1. The maximum atomic E-state index is 6.77. The maximum Gasteiger partial charge on any atom is 0.136 e. The predicted octanol–water partition coefficient (Wildman–Crippen LogP) is 14.4. The fourth-order valence-electron chi connectivity index (χ4n) is 10.7. The van der Waals surface area contributed by atoms with Crippen molar-refractivity contribution >= 4 is 86.1 Å².